The van der Waals surface area contributed by atoms with Crippen LogP contribution in [0, 0.1) is 0 Å². The van der Waals surface area contributed by atoms with Crippen LogP contribution in [0.5, 0.6) is 0 Å². The fourth-order valence-corrected chi connectivity index (χ4v) is 5.85. The summed E-state index contributed by atoms with van der Waals surface area (Å²) in [5, 5.41) is 4.15. The number of hydrogen-bond donors (Lipinski definition) is 1. The number of carbonyl (C=O) groups excluding carboxylic acids is 2. The van der Waals surface area contributed by atoms with Crippen molar-refractivity contribution in [3.63, 3.8) is 0 Å². The van der Waals surface area contributed by atoms with Crippen LogP contribution in [0.1, 0.15) is 138 Å². The molecule has 1 aromatic carbocycles. The Morgan fingerprint density at radius 2 is 1.40 bits per heavy atom. The Balaban J connectivity index is 1.11. The standard InChI is InChI=1S/C33H50N4O6/c1-2-3-4-5-6-7-8-9-10-11-12-13-14-15-19-22-27(38)40-23-26-28-29(43-33(42-28)25-20-17-16-18-21-25)32(41-26)37-24-35-31(36-37)30(34)39/h16-18,20-21,24,26,28-29,32-33H,2-15,19,22-23H2,1H3,(H2,34,39)/t26?,28?,29-,32?,33?/m1/s1. The normalized spacial score (nSPS) is 23.0. The molecule has 0 bridgehead atoms. The van der Waals surface area contributed by atoms with Gasteiger partial charge in [-0.2, -0.15) is 0 Å². The molecule has 2 fully saturated rings. The second-order valence-electron chi connectivity index (χ2n) is 11.8. The lowest BCUT2D eigenvalue weighted by Crippen LogP contribution is -2.32. The van der Waals surface area contributed by atoms with Crippen LogP contribution in [0.3, 0.4) is 0 Å². The van der Waals surface area contributed by atoms with E-state index in [-0.39, 0.29) is 18.4 Å². The molecule has 2 saturated heterocycles. The topological polar surface area (TPSA) is 128 Å². The number of ether oxygens (including phenoxy) is 4. The summed E-state index contributed by atoms with van der Waals surface area (Å²) in [6, 6.07) is 9.60. The second kappa shape index (κ2) is 18.1. The molecule has 0 saturated carbocycles. The van der Waals surface area contributed by atoms with Crippen molar-refractivity contribution < 1.29 is 28.5 Å². The monoisotopic (exact) mass is 598 g/mol. The van der Waals surface area contributed by atoms with Crippen LogP contribution < -0.4 is 5.73 Å². The first kappa shape index (κ1) is 33.1. The van der Waals surface area contributed by atoms with Crippen LogP contribution in [0.2, 0.25) is 0 Å². The Labute approximate surface area is 256 Å². The third-order valence-corrected chi connectivity index (χ3v) is 8.30. The highest BCUT2D eigenvalue weighted by molar-refractivity contribution is 5.88. The van der Waals surface area contributed by atoms with Gasteiger partial charge in [0.1, 0.15) is 31.2 Å². The van der Waals surface area contributed by atoms with Gasteiger partial charge in [-0.15, -0.1) is 5.10 Å². The SMILES string of the molecule is CCCCCCCCCCCCCCCCCC(=O)OCC1OC(n2cnc(C(N)=O)n2)[C@@H]2OC(c3ccccc3)OC12. The predicted octanol–water partition coefficient (Wildman–Crippen LogP) is 6.56. The van der Waals surface area contributed by atoms with Gasteiger partial charge < -0.3 is 24.7 Å². The Morgan fingerprint density at radius 1 is 0.814 bits per heavy atom. The number of rotatable bonds is 21. The maximum absolute atomic E-state index is 12.5. The summed E-state index contributed by atoms with van der Waals surface area (Å²) in [6.45, 7) is 2.30. The number of primary amides is 1. The van der Waals surface area contributed by atoms with Crippen molar-refractivity contribution in [2.24, 2.45) is 5.73 Å². The van der Waals surface area contributed by atoms with Gasteiger partial charge in [-0.25, -0.2) is 9.67 Å². The van der Waals surface area contributed by atoms with Gasteiger partial charge in [-0.3, -0.25) is 9.59 Å². The van der Waals surface area contributed by atoms with Crippen LogP contribution in [0.25, 0.3) is 0 Å². The molecule has 3 heterocycles. The first-order chi connectivity index (χ1) is 21.1. The molecular formula is C33H50N4O6. The molecular weight excluding hydrogens is 548 g/mol. The molecule has 0 radical (unpaired) electrons. The minimum absolute atomic E-state index is 0.0392. The fourth-order valence-electron chi connectivity index (χ4n) is 5.85. The molecule has 1 aromatic heterocycles. The van der Waals surface area contributed by atoms with Crippen LogP contribution in [0.4, 0.5) is 0 Å². The van der Waals surface area contributed by atoms with Crippen molar-refractivity contribution in [1.82, 2.24) is 14.8 Å². The molecule has 2 aliphatic heterocycles. The zero-order chi connectivity index (χ0) is 30.3. The Bertz CT molecular complexity index is 1100. The van der Waals surface area contributed by atoms with Crippen molar-refractivity contribution in [3.05, 3.63) is 48.0 Å². The average molecular weight is 599 g/mol. The van der Waals surface area contributed by atoms with Gasteiger partial charge in [0.15, 0.2) is 12.5 Å². The third kappa shape index (κ3) is 10.4. The number of esters is 1. The zero-order valence-electron chi connectivity index (χ0n) is 25.7. The molecule has 1 amide bonds. The summed E-state index contributed by atoms with van der Waals surface area (Å²) in [7, 11) is 0. The van der Waals surface area contributed by atoms with E-state index < -0.39 is 36.7 Å². The molecule has 5 atom stereocenters. The third-order valence-electron chi connectivity index (χ3n) is 8.30. The summed E-state index contributed by atoms with van der Waals surface area (Å²) in [4.78, 5) is 28.0. The number of nitrogens with two attached hydrogens (primary N) is 1. The largest absolute Gasteiger partial charge is 0.463 e. The van der Waals surface area contributed by atoms with Crippen molar-refractivity contribution in [3.8, 4) is 0 Å². The van der Waals surface area contributed by atoms with E-state index >= 15 is 0 Å². The van der Waals surface area contributed by atoms with Gasteiger partial charge in [-0.05, 0) is 6.42 Å². The summed E-state index contributed by atoms with van der Waals surface area (Å²) in [5.41, 5.74) is 6.19. The van der Waals surface area contributed by atoms with Gasteiger partial charge in [0.05, 0.1) is 0 Å². The van der Waals surface area contributed by atoms with Crippen molar-refractivity contribution >= 4 is 11.9 Å². The fraction of sp³-hybridized carbons (Fsp3) is 0.697. The highest BCUT2D eigenvalue weighted by atomic mass is 16.8. The van der Waals surface area contributed by atoms with Gasteiger partial charge in [0.25, 0.3) is 5.91 Å². The number of hydrogen-bond acceptors (Lipinski definition) is 8. The number of amides is 1. The highest BCUT2D eigenvalue weighted by Crippen LogP contribution is 2.44. The smallest absolute Gasteiger partial charge is 0.305 e. The minimum Gasteiger partial charge on any atom is -0.463 e. The van der Waals surface area contributed by atoms with Crippen LogP contribution in [-0.4, -0.2) is 51.6 Å². The van der Waals surface area contributed by atoms with E-state index in [1.165, 1.54) is 88.1 Å². The summed E-state index contributed by atoms with van der Waals surface area (Å²) < 4.78 is 25.6. The van der Waals surface area contributed by atoms with Crippen molar-refractivity contribution in [2.75, 3.05) is 6.61 Å². The number of nitrogens with zero attached hydrogens (tertiary/aromatic N) is 3. The van der Waals surface area contributed by atoms with Crippen molar-refractivity contribution in [1.29, 1.82) is 0 Å². The molecule has 2 aliphatic rings. The molecule has 43 heavy (non-hydrogen) atoms. The van der Waals surface area contributed by atoms with Crippen molar-refractivity contribution in [2.45, 2.75) is 140 Å². The van der Waals surface area contributed by atoms with Crippen LogP contribution in [0.15, 0.2) is 36.7 Å². The highest BCUT2D eigenvalue weighted by Gasteiger charge is 2.54. The Hall–Kier alpha value is -2.82. The van der Waals surface area contributed by atoms with Gasteiger partial charge in [0, 0.05) is 12.0 Å². The molecule has 0 spiro atoms. The molecule has 4 unspecified atom stereocenters. The van der Waals surface area contributed by atoms with Gasteiger partial charge >= 0.3 is 5.97 Å². The summed E-state index contributed by atoms with van der Waals surface area (Å²) >= 11 is 0. The molecule has 2 aromatic rings. The lowest BCUT2D eigenvalue weighted by Gasteiger charge is -2.20. The molecule has 10 nitrogen and oxygen atoms in total. The van der Waals surface area contributed by atoms with E-state index in [0.29, 0.717) is 6.42 Å². The van der Waals surface area contributed by atoms with Gasteiger partial charge in [0.2, 0.25) is 5.82 Å². The van der Waals surface area contributed by atoms with Gasteiger partial charge in [-0.1, -0.05) is 127 Å². The van der Waals surface area contributed by atoms with E-state index in [0.717, 1.165) is 24.8 Å². The number of fused-ring (bicyclic) bond motifs is 1. The first-order valence-electron chi connectivity index (χ1n) is 16.4. The van der Waals surface area contributed by atoms with E-state index in [9.17, 15) is 9.59 Å². The molecule has 0 aliphatic carbocycles. The summed E-state index contributed by atoms with van der Waals surface area (Å²) in [6.07, 6.45) is 18.1. The molecule has 4 rings (SSSR count). The molecule has 2 N–H and O–H groups in total. The van der Waals surface area contributed by atoms with Crippen LogP contribution >= 0.6 is 0 Å². The second-order valence-corrected chi connectivity index (χ2v) is 11.8. The average Bonchev–Trinajstić information content (AvgIpc) is 3.75. The maximum Gasteiger partial charge on any atom is 0.305 e. The number of benzene rings is 1. The lowest BCUT2D eigenvalue weighted by molar-refractivity contribution is -0.168. The van der Waals surface area contributed by atoms with Crippen LogP contribution in [-0.2, 0) is 23.7 Å². The quantitative estimate of drug-likeness (QED) is 0.126. The Morgan fingerprint density at radius 3 is 1.98 bits per heavy atom. The minimum atomic E-state index is -0.733. The number of carbonyl (C=O) groups is 2. The van der Waals surface area contributed by atoms with E-state index in [1.54, 1.807) is 0 Å². The zero-order valence-corrected chi connectivity index (χ0v) is 25.7. The number of unbranched alkanes of at least 4 members (excludes halogenated alkanes) is 14. The first-order valence-corrected chi connectivity index (χ1v) is 16.4. The van der Waals surface area contributed by atoms with E-state index in [2.05, 4.69) is 17.0 Å². The molecule has 10 heteroatoms. The van der Waals surface area contributed by atoms with E-state index in [1.807, 2.05) is 30.3 Å². The number of aromatic nitrogens is 3. The maximum atomic E-state index is 12.5. The Kier molecular flexibility index (Phi) is 13.9. The lowest BCUT2D eigenvalue weighted by atomic mass is 10.0. The van der Waals surface area contributed by atoms with E-state index in [4.69, 9.17) is 24.7 Å². The summed E-state index contributed by atoms with van der Waals surface area (Å²) in [5.74, 6) is -1.09. The molecule has 238 valence electrons. The predicted molar refractivity (Wildman–Crippen MR) is 162 cm³/mol.